The number of amides is 1. The third-order valence-electron chi connectivity index (χ3n) is 4.16. The molecule has 1 saturated heterocycles. The Morgan fingerprint density at radius 2 is 1.78 bits per heavy atom. The molecule has 0 unspecified atom stereocenters. The summed E-state index contributed by atoms with van der Waals surface area (Å²) in [6.45, 7) is 0.639. The van der Waals surface area contributed by atoms with Crippen LogP contribution < -0.4 is 10.2 Å². The van der Waals surface area contributed by atoms with Crippen LogP contribution >= 0.6 is 15.9 Å². The Morgan fingerprint density at radius 3 is 2.44 bits per heavy atom. The molecular formula is C14H17BrN2O. The van der Waals surface area contributed by atoms with Gasteiger partial charge in [0.2, 0.25) is 5.91 Å². The molecule has 18 heavy (non-hydrogen) atoms. The van der Waals surface area contributed by atoms with Crippen LogP contribution in [0.4, 0.5) is 5.69 Å². The second kappa shape index (κ2) is 4.57. The second-order valence-corrected chi connectivity index (χ2v) is 6.08. The molecule has 1 heterocycles. The highest BCUT2D eigenvalue weighted by Gasteiger charge is 2.48. The highest BCUT2D eigenvalue weighted by molar-refractivity contribution is 9.10. The third-order valence-corrected chi connectivity index (χ3v) is 4.68. The van der Waals surface area contributed by atoms with E-state index in [1.54, 1.807) is 0 Å². The molecule has 0 atom stereocenters. The van der Waals surface area contributed by atoms with Crippen molar-refractivity contribution in [2.45, 2.75) is 37.6 Å². The number of carbonyl (C=O) groups excluding carboxylic acids is 1. The Kier molecular flexibility index (Phi) is 3.06. The molecule has 1 aliphatic carbocycles. The van der Waals surface area contributed by atoms with Crippen molar-refractivity contribution in [3.63, 3.8) is 0 Å². The summed E-state index contributed by atoms with van der Waals surface area (Å²) in [6, 6.07) is 8.24. The molecule has 2 aliphatic rings. The number of carbonyl (C=O) groups is 1. The lowest BCUT2D eigenvalue weighted by Crippen LogP contribution is -2.50. The van der Waals surface area contributed by atoms with Crippen LogP contribution in [0.1, 0.15) is 32.1 Å². The molecule has 1 aromatic carbocycles. The van der Waals surface area contributed by atoms with Gasteiger partial charge in [0.05, 0.1) is 6.67 Å². The molecule has 1 aromatic rings. The first-order chi connectivity index (χ1) is 8.72. The summed E-state index contributed by atoms with van der Waals surface area (Å²) in [5.41, 5.74) is 0.852. The third kappa shape index (κ3) is 1.83. The Bertz CT molecular complexity index is 451. The first kappa shape index (κ1) is 12.0. The molecule has 1 N–H and O–H groups in total. The van der Waals surface area contributed by atoms with Crippen molar-refractivity contribution in [2.75, 3.05) is 11.6 Å². The van der Waals surface area contributed by atoms with Crippen molar-refractivity contribution in [3.05, 3.63) is 28.7 Å². The second-order valence-electron chi connectivity index (χ2n) is 5.16. The highest BCUT2D eigenvalue weighted by Crippen LogP contribution is 2.39. The Hall–Kier alpha value is -1.03. The zero-order valence-corrected chi connectivity index (χ0v) is 11.9. The van der Waals surface area contributed by atoms with Gasteiger partial charge in [-0.25, -0.2) is 0 Å². The van der Waals surface area contributed by atoms with Crippen LogP contribution in [-0.2, 0) is 4.79 Å². The fraction of sp³-hybridized carbons (Fsp3) is 0.500. The van der Waals surface area contributed by atoms with Gasteiger partial charge < -0.3 is 10.2 Å². The Labute approximate surface area is 116 Å². The van der Waals surface area contributed by atoms with E-state index in [9.17, 15) is 4.79 Å². The predicted octanol–water partition coefficient (Wildman–Crippen LogP) is 3.05. The summed E-state index contributed by atoms with van der Waals surface area (Å²) < 4.78 is 1.07. The lowest BCUT2D eigenvalue weighted by molar-refractivity contribution is -0.124. The molecule has 1 saturated carbocycles. The van der Waals surface area contributed by atoms with Gasteiger partial charge in [0.25, 0.3) is 0 Å². The van der Waals surface area contributed by atoms with E-state index in [1.807, 2.05) is 12.1 Å². The first-order valence-electron chi connectivity index (χ1n) is 6.54. The molecule has 1 amide bonds. The number of hydrogen-bond acceptors (Lipinski definition) is 2. The van der Waals surface area contributed by atoms with Crippen LogP contribution in [0.3, 0.4) is 0 Å². The van der Waals surface area contributed by atoms with Crippen LogP contribution in [0.15, 0.2) is 28.7 Å². The lowest BCUT2D eigenvalue weighted by Gasteiger charge is -2.39. The normalized spacial score (nSPS) is 22.3. The van der Waals surface area contributed by atoms with Crippen LogP contribution in [0.25, 0.3) is 0 Å². The highest BCUT2D eigenvalue weighted by atomic mass is 79.9. The topological polar surface area (TPSA) is 32.3 Å². The van der Waals surface area contributed by atoms with E-state index < -0.39 is 0 Å². The molecule has 0 radical (unpaired) electrons. The molecule has 1 aliphatic heterocycles. The molecular weight excluding hydrogens is 292 g/mol. The molecule has 0 aromatic heterocycles. The maximum absolute atomic E-state index is 12.2. The number of anilines is 1. The van der Waals surface area contributed by atoms with Gasteiger partial charge in [-0.1, -0.05) is 35.2 Å². The van der Waals surface area contributed by atoms with Gasteiger partial charge in [-0.3, -0.25) is 4.79 Å². The summed E-state index contributed by atoms with van der Waals surface area (Å²) in [7, 11) is 0. The summed E-state index contributed by atoms with van der Waals surface area (Å²) in [5, 5.41) is 3.02. The van der Waals surface area contributed by atoms with Gasteiger partial charge in [0.15, 0.2) is 0 Å². The molecule has 3 rings (SSSR count). The maximum Gasteiger partial charge on any atom is 0.247 e. The summed E-state index contributed by atoms with van der Waals surface area (Å²) in [4.78, 5) is 14.5. The summed E-state index contributed by atoms with van der Waals surface area (Å²) >= 11 is 3.45. The van der Waals surface area contributed by atoms with Crippen molar-refractivity contribution in [1.29, 1.82) is 0 Å². The number of rotatable bonds is 1. The van der Waals surface area contributed by atoms with Crippen LogP contribution in [0.2, 0.25) is 0 Å². The molecule has 3 nitrogen and oxygen atoms in total. The van der Waals surface area contributed by atoms with Gasteiger partial charge in [0, 0.05) is 10.2 Å². The van der Waals surface area contributed by atoms with Crippen LogP contribution in [-0.4, -0.2) is 18.1 Å². The van der Waals surface area contributed by atoms with Crippen molar-refractivity contribution in [3.8, 4) is 0 Å². The fourth-order valence-electron chi connectivity index (χ4n) is 3.18. The van der Waals surface area contributed by atoms with Crippen LogP contribution in [0, 0.1) is 0 Å². The van der Waals surface area contributed by atoms with Gasteiger partial charge >= 0.3 is 0 Å². The average Bonchev–Trinajstić information content (AvgIpc) is 2.70. The first-order valence-corrected chi connectivity index (χ1v) is 7.33. The zero-order chi connectivity index (χ0) is 12.6. The largest absolute Gasteiger partial charge is 0.339 e. The molecule has 0 bridgehead atoms. The Morgan fingerprint density at radius 1 is 1.11 bits per heavy atom. The van der Waals surface area contributed by atoms with E-state index in [0.717, 1.165) is 35.8 Å². The minimum absolute atomic E-state index is 0.213. The SMILES string of the molecule is O=C1NCN(c2ccc(Br)cc2)C12CCCCC2. The van der Waals surface area contributed by atoms with E-state index in [-0.39, 0.29) is 11.4 Å². The van der Waals surface area contributed by atoms with Crippen molar-refractivity contribution < 1.29 is 4.79 Å². The molecule has 4 heteroatoms. The van der Waals surface area contributed by atoms with Gasteiger partial charge in [-0.2, -0.15) is 0 Å². The minimum Gasteiger partial charge on any atom is -0.339 e. The zero-order valence-electron chi connectivity index (χ0n) is 10.3. The van der Waals surface area contributed by atoms with E-state index in [4.69, 9.17) is 0 Å². The smallest absolute Gasteiger partial charge is 0.247 e. The number of nitrogens with one attached hydrogen (secondary N) is 1. The standard InChI is InChI=1S/C14H17BrN2O/c15-11-4-6-12(7-5-11)17-10-16-13(18)14(17)8-2-1-3-9-14/h4-7H,1-3,8-10H2,(H,16,18). The van der Waals surface area contributed by atoms with E-state index >= 15 is 0 Å². The number of halogens is 1. The van der Waals surface area contributed by atoms with E-state index in [1.165, 1.54) is 6.42 Å². The minimum atomic E-state index is -0.286. The number of benzene rings is 1. The maximum atomic E-state index is 12.2. The van der Waals surface area contributed by atoms with Crippen molar-refractivity contribution in [2.24, 2.45) is 0 Å². The molecule has 96 valence electrons. The molecule has 1 spiro atoms. The average molecular weight is 309 g/mol. The van der Waals surface area contributed by atoms with E-state index in [2.05, 4.69) is 38.3 Å². The van der Waals surface area contributed by atoms with E-state index in [0.29, 0.717) is 6.67 Å². The van der Waals surface area contributed by atoms with Crippen molar-refractivity contribution in [1.82, 2.24) is 5.32 Å². The fourth-order valence-corrected chi connectivity index (χ4v) is 3.45. The lowest BCUT2D eigenvalue weighted by atomic mass is 9.80. The van der Waals surface area contributed by atoms with Gasteiger partial charge in [-0.05, 0) is 37.1 Å². The van der Waals surface area contributed by atoms with Crippen LogP contribution in [0.5, 0.6) is 0 Å². The summed E-state index contributed by atoms with van der Waals surface area (Å²) in [6.07, 6.45) is 5.52. The predicted molar refractivity (Wildman–Crippen MR) is 75.4 cm³/mol. The number of nitrogens with zero attached hydrogens (tertiary/aromatic N) is 1. The van der Waals surface area contributed by atoms with Gasteiger partial charge in [0.1, 0.15) is 5.54 Å². The quantitative estimate of drug-likeness (QED) is 0.865. The Balaban J connectivity index is 1.95. The summed E-state index contributed by atoms with van der Waals surface area (Å²) in [5.74, 6) is 0.213. The van der Waals surface area contributed by atoms with Gasteiger partial charge in [-0.15, -0.1) is 0 Å². The molecule has 2 fully saturated rings. The monoisotopic (exact) mass is 308 g/mol. The number of hydrogen-bond donors (Lipinski definition) is 1. The van der Waals surface area contributed by atoms with Crippen molar-refractivity contribution >= 4 is 27.5 Å².